The number of thiazole rings is 1. The minimum absolute atomic E-state index is 0.0721. The monoisotopic (exact) mass is 906 g/mol. The first-order chi connectivity index (χ1) is 31.0. The third-order valence-corrected chi connectivity index (χ3v) is 13.7. The number of amides is 4. The predicted molar refractivity (Wildman–Crippen MR) is 249 cm³/mol. The van der Waals surface area contributed by atoms with Crippen molar-refractivity contribution in [2.24, 2.45) is 17.3 Å². The molecule has 0 spiro atoms. The number of nitrogens with one attached hydrogen (secondary N) is 2. The second-order valence-electron chi connectivity index (χ2n) is 18.5. The molecule has 6 heterocycles. The summed E-state index contributed by atoms with van der Waals surface area (Å²) >= 11 is 1.40. The molecule has 5 atom stereocenters. The Balaban J connectivity index is 1.26. The van der Waals surface area contributed by atoms with E-state index < -0.39 is 47.2 Å². The molecule has 2 saturated heterocycles. The van der Waals surface area contributed by atoms with Gasteiger partial charge < -0.3 is 29.2 Å². The number of methoxy groups -OCH3 is 1. The number of likely N-dealkylation sites (N-methyl/N-ethyl adjacent to an activating group) is 1. The molecule has 2 N–H and O–H groups in total. The van der Waals surface area contributed by atoms with Gasteiger partial charge in [-0.15, -0.1) is 11.3 Å². The van der Waals surface area contributed by atoms with E-state index in [0.29, 0.717) is 50.3 Å². The second-order valence-corrected chi connectivity index (χ2v) is 19.5. The lowest BCUT2D eigenvalue weighted by molar-refractivity contribution is -0.155. The number of carbonyl (C=O) groups excluding carboxylic acids is 5. The lowest BCUT2D eigenvalue weighted by atomic mass is 9.84. The summed E-state index contributed by atoms with van der Waals surface area (Å²) in [6.07, 6.45) is 3.64. The van der Waals surface area contributed by atoms with Gasteiger partial charge in [-0.05, 0) is 88.1 Å². The Labute approximate surface area is 385 Å². The van der Waals surface area contributed by atoms with Crippen LogP contribution in [0.15, 0.2) is 41.9 Å². The average molecular weight is 907 g/mol. The van der Waals surface area contributed by atoms with Crippen LogP contribution >= 0.6 is 11.3 Å². The third-order valence-electron chi connectivity index (χ3n) is 12.9. The molecule has 6 bridgehead atoms. The van der Waals surface area contributed by atoms with Crippen molar-refractivity contribution < 1.29 is 33.4 Å². The first-order valence-electron chi connectivity index (χ1n) is 22.7. The normalized spacial score (nSPS) is 21.0. The maximum atomic E-state index is 14.6. The van der Waals surface area contributed by atoms with E-state index in [9.17, 15) is 24.0 Å². The molecule has 1 aromatic carbocycles. The number of benzene rings is 1. The van der Waals surface area contributed by atoms with Gasteiger partial charge in [-0.3, -0.25) is 34.0 Å². The van der Waals surface area contributed by atoms with E-state index in [2.05, 4.69) is 72.2 Å². The van der Waals surface area contributed by atoms with Crippen molar-refractivity contribution in [3.63, 3.8) is 0 Å². The largest absolute Gasteiger partial charge is 0.464 e. The summed E-state index contributed by atoms with van der Waals surface area (Å²) in [6, 6.07) is 7.60. The maximum absolute atomic E-state index is 14.6. The van der Waals surface area contributed by atoms with Crippen molar-refractivity contribution in [2.45, 2.75) is 111 Å². The molecule has 4 aromatic rings. The molecule has 0 unspecified atom stereocenters. The summed E-state index contributed by atoms with van der Waals surface area (Å²) in [5.74, 6) is 2.40. The molecule has 7 rings (SSSR count). The number of nitrogens with zero attached hydrogens (tertiary/aromatic N) is 6. The lowest BCUT2D eigenvalue weighted by Gasteiger charge is -2.36. The fourth-order valence-electron chi connectivity index (χ4n) is 9.50. The van der Waals surface area contributed by atoms with Crippen LogP contribution in [0.25, 0.3) is 33.4 Å². The van der Waals surface area contributed by atoms with Gasteiger partial charge in [0.05, 0.1) is 40.7 Å². The standard InChI is InChI=1S/C49H62N8O7S/c1-10-14-41(58)55-22-19-32(26-55)46(60)54(8)43(29(3)4)45(59)52-37-24-40-51-38(27-65-40)31-17-18-39-34(23-31)35(44(56(39)11-2)33-15-12-20-50-42(33)30(5)63-9)25-49(6,7)28-64-48(62)36-16-13-21-57(53-36)47(37)61/h12,15,17-18,20,23,27,29-30,32,36-37,43,53H,11,13,16,19,21-22,24-26,28H2,1-9H3,(H,52,59)/t30-,32-,36-,37-,43-/m0/s1. The average Bonchev–Trinajstić information content (AvgIpc) is 4.05. The SMILES string of the molecule is CC#CC(=O)N1CC[C@H](C(=O)N(C)[C@H](C(=O)N[C@H]2Cc3nc(cs3)-c3ccc4c(c3)c(c(-c3cccnc3[C@H](C)OC)n4CC)CC(C)(C)COC(=O)[C@@H]3CCCN(N3)C2=O)C(C)C)C1. The van der Waals surface area contributed by atoms with Crippen LogP contribution in [0.1, 0.15) is 90.1 Å². The Kier molecular flexibility index (Phi) is 14.5. The zero-order valence-corrected chi connectivity index (χ0v) is 39.8. The first kappa shape index (κ1) is 47.3. The molecule has 3 aliphatic heterocycles. The van der Waals surface area contributed by atoms with Crippen LogP contribution in [0.4, 0.5) is 0 Å². The molecular weight excluding hydrogens is 845 g/mol. The summed E-state index contributed by atoms with van der Waals surface area (Å²) in [5.41, 5.74) is 9.24. The van der Waals surface area contributed by atoms with Crippen LogP contribution in [0.2, 0.25) is 0 Å². The number of hydrogen-bond acceptors (Lipinski definition) is 11. The summed E-state index contributed by atoms with van der Waals surface area (Å²) < 4.78 is 14.2. The topological polar surface area (TPSA) is 168 Å². The summed E-state index contributed by atoms with van der Waals surface area (Å²) in [7, 11) is 3.28. The molecule has 3 aliphatic rings. The van der Waals surface area contributed by atoms with Crippen LogP contribution in [0, 0.1) is 29.1 Å². The van der Waals surface area contributed by atoms with Crippen LogP contribution < -0.4 is 10.7 Å². The highest BCUT2D eigenvalue weighted by atomic mass is 32.1. The third kappa shape index (κ3) is 9.97. The summed E-state index contributed by atoms with van der Waals surface area (Å²) in [4.78, 5) is 82.2. The molecule has 65 heavy (non-hydrogen) atoms. The van der Waals surface area contributed by atoms with Gasteiger partial charge in [-0.1, -0.05) is 39.7 Å². The minimum atomic E-state index is -1.09. The van der Waals surface area contributed by atoms with Crippen LogP contribution in [-0.4, -0.2) is 117 Å². The van der Waals surface area contributed by atoms with Gasteiger partial charge in [0, 0.05) is 85.8 Å². The molecular formula is C49H62N8O7S. The van der Waals surface area contributed by atoms with Gasteiger partial charge in [-0.25, -0.2) is 10.4 Å². The van der Waals surface area contributed by atoms with E-state index in [0.717, 1.165) is 44.7 Å². The summed E-state index contributed by atoms with van der Waals surface area (Å²) in [6.45, 7) is 15.4. The summed E-state index contributed by atoms with van der Waals surface area (Å²) in [5, 5.41) is 8.08. The maximum Gasteiger partial charge on any atom is 0.324 e. The Morgan fingerprint density at radius 3 is 2.65 bits per heavy atom. The number of aromatic nitrogens is 3. The molecule has 0 saturated carbocycles. The highest BCUT2D eigenvalue weighted by Crippen LogP contribution is 2.42. The predicted octanol–water partition coefficient (Wildman–Crippen LogP) is 5.56. The van der Waals surface area contributed by atoms with Crippen molar-refractivity contribution in [2.75, 3.05) is 40.4 Å². The van der Waals surface area contributed by atoms with Gasteiger partial charge in [0.2, 0.25) is 11.8 Å². The quantitative estimate of drug-likeness (QED) is 0.160. The number of hydrazine groups is 1. The van der Waals surface area contributed by atoms with Crippen LogP contribution in [-0.2, 0) is 52.8 Å². The zero-order chi connectivity index (χ0) is 46.7. The number of aryl methyl sites for hydroxylation is 1. The molecule has 16 heteroatoms. The van der Waals surface area contributed by atoms with E-state index in [-0.39, 0.29) is 43.4 Å². The number of ether oxygens (including phenoxy) is 2. The molecule has 346 valence electrons. The highest BCUT2D eigenvalue weighted by molar-refractivity contribution is 7.10. The lowest BCUT2D eigenvalue weighted by Crippen LogP contribution is -2.62. The van der Waals surface area contributed by atoms with E-state index in [1.165, 1.54) is 21.2 Å². The second kappa shape index (κ2) is 19.9. The Morgan fingerprint density at radius 2 is 1.92 bits per heavy atom. The molecule has 3 aromatic heterocycles. The number of hydrogen-bond donors (Lipinski definition) is 2. The Bertz CT molecular complexity index is 2520. The van der Waals surface area contributed by atoms with Crippen molar-refractivity contribution in [3.8, 4) is 34.4 Å². The first-order valence-corrected chi connectivity index (χ1v) is 23.5. The number of carbonyl (C=O) groups is 5. The van der Waals surface area contributed by atoms with Gasteiger partial charge in [-0.2, -0.15) is 0 Å². The number of fused-ring (bicyclic) bond motifs is 6. The number of rotatable bonds is 9. The number of cyclic esters (lactones) is 1. The molecule has 4 amide bonds. The van der Waals surface area contributed by atoms with Gasteiger partial charge in [0.25, 0.3) is 11.8 Å². The van der Waals surface area contributed by atoms with E-state index in [1.54, 1.807) is 32.2 Å². The molecule has 2 fully saturated rings. The van der Waals surface area contributed by atoms with E-state index in [1.807, 2.05) is 32.2 Å². The Hall–Kier alpha value is -5.63. The number of likely N-dealkylation sites (tertiary alicyclic amines) is 1. The van der Waals surface area contributed by atoms with Crippen LogP contribution in [0.5, 0.6) is 0 Å². The molecule has 0 radical (unpaired) electrons. The van der Waals surface area contributed by atoms with Crippen molar-refractivity contribution >= 4 is 51.8 Å². The van der Waals surface area contributed by atoms with Gasteiger partial charge >= 0.3 is 5.97 Å². The van der Waals surface area contributed by atoms with Gasteiger partial charge in [0.15, 0.2) is 0 Å². The minimum Gasteiger partial charge on any atom is -0.464 e. The van der Waals surface area contributed by atoms with Crippen molar-refractivity contribution in [3.05, 3.63) is 58.2 Å². The van der Waals surface area contributed by atoms with Crippen molar-refractivity contribution in [1.29, 1.82) is 0 Å². The zero-order valence-electron chi connectivity index (χ0n) is 39.0. The van der Waals surface area contributed by atoms with Gasteiger partial charge in [0.1, 0.15) is 18.1 Å². The van der Waals surface area contributed by atoms with E-state index in [4.69, 9.17) is 19.4 Å². The fraction of sp³-hybridized carbons (Fsp3) is 0.531. The Morgan fingerprint density at radius 1 is 1.14 bits per heavy atom. The van der Waals surface area contributed by atoms with Crippen molar-refractivity contribution in [1.82, 2.24) is 40.1 Å². The molecule has 15 nitrogen and oxygen atoms in total. The van der Waals surface area contributed by atoms with E-state index >= 15 is 0 Å². The number of pyridine rings is 1. The highest BCUT2D eigenvalue weighted by Gasteiger charge is 2.40. The fourth-order valence-corrected chi connectivity index (χ4v) is 10.4. The number of esters is 1. The molecule has 0 aliphatic carbocycles. The van der Waals surface area contributed by atoms with Crippen LogP contribution in [0.3, 0.4) is 0 Å². The smallest absolute Gasteiger partial charge is 0.324 e.